The van der Waals surface area contributed by atoms with Crippen LogP contribution in [0.25, 0.3) is 0 Å². The summed E-state index contributed by atoms with van der Waals surface area (Å²) in [4.78, 5) is 1.86. The van der Waals surface area contributed by atoms with Crippen LogP contribution in [0.4, 0.5) is 19.0 Å². The third-order valence-electron chi connectivity index (χ3n) is 1.52. The summed E-state index contributed by atoms with van der Waals surface area (Å²) >= 11 is 0. The number of nitrogens with two attached hydrogens (primary N) is 2. The maximum Gasteiger partial charge on any atom is 0.265 e. The number of primary sulfonamides is 1. The molecular weight excluding hydrogens is 235 g/mol. The van der Waals surface area contributed by atoms with E-state index in [1.807, 2.05) is 0 Å². The highest BCUT2D eigenvalue weighted by atomic mass is 32.2. The fourth-order valence-electron chi connectivity index (χ4n) is 1.01. The van der Waals surface area contributed by atoms with Gasteiger partial charge in [-0.25, -0.2) is 27.3 Å². The number of nitrogen functional groups attached to an aromatic ring is 1. The lowest BCUT2D eigenvalue weighted by molar-refractivity contribution is 0.147. The molecule has 1 aromatic rings. The number of hydrogen-bond donors (Lipinski definition) is 2. The van der Waals surface area contributed by atoms with Crippen molar-refractivity contribution in [2.45, 2.75) is 11.3 Å². The molecule has 0 amide bonds. The Hall–Kier alpha value is -1.35. The highest BCUT2D eigenvalue weighted by Crippen LogP contribution is 2.29. The zero-order valence-electron chi connectivity index (χ0n) is 7.12. The van der Waals surface area contributed by atoms with Crippen LogP contribution in [0.2, 0.25) is 0 Å². The van der Waals surface area contributed by atoms with Crippen LogP contribution in [0, 0.1) is 5.95 Å². The number of alkyl halides is 2. The van der Waals surface area contributed by atoms with Gasteiger partial charge in [0.05, 0.1) is 0 Å². The number of nitrogens with zero attached hydrogens (tertiary/aromatic N) is 1. The summed E-state index contributed by atoms with van der Waals surface area (Å²) in [5.74, 6) is -2.18. The quantitative estimate of drug-likeness (QED) is 0.731. The summed E-state index contributed by atoms with van der Waals surface area (Å²) in [6, 6.07) is 0.279. The Balaban J connectivity index is 3.62. The number of aromatic nitrogens is 1. The molecule has 4 N–H and O–H groups in total. The predicted molar refractivity (Wildman–Crippen MR) is 44.9 cm³/mol. The molecule has 0 unspecified atom stereocenters. The Morgan fingerprint density at radius 1 is 1.40 bits per heavy atom. The van der Waals surface area contributed by atoms with Gasteiger partial charge in [0.25, 0.3) is 6.43 Å². The van der Waals surface area contributed by atoms with Crippen LogP contribution in [0.1, 0.15) is 12.0 Å². The monoisotopic (exact) mass is 241 g/mol. The molecule has 0 radical (unpaired) electrons. The Kier molecular flexibility index (Phi) is 2.86. The van der Waals surface area contributed by atoms with Crippen LogP contribution in [-0.4, -0.2) is 13.4 Å². The Bertz CT molecular complexity index is 489. The second-order valence-electron chi connectivity index (χ2n) is 2.59. The molecular formula is C6H6F3N3O2S. The molecule has 0 aliphatic heterocycles. The number of halogens is 3. The molecule has 0 saturated carbocycles. The molecule has 0 bridgehead atoms. The van der Waals surface area contributed by atoms with Gasteiger partial charge >= 0.3 is 0 Å². The van der Waals surface area contributed by atoms with Crippen LogP contribution in [0.5, 0.6) is 0 Å². The largest absolute Gasteiger partial charge is 0.382 e. The van der Waals surface area contributed by atoms with Gasteiger partial charge in [0.15, 0.2) is 0 Å². The average Bonchev–Trinajstić information content (AvgIpc) is 1.99. The van der Waals surface area contributed by atoms with Gasteiger partial charge < -0.3 is 5.73 Å². The van der Waals surface area contributed by atoms with E-state index < -0.39 is 38.7 Å². The van der Waals surface area contributed by atoms with Crippen molar-refractivity contribution in [3.8, 4) is 0 Å². The molecule has 1 heterocycles. The molecule has 0 aliphatic carbocycles. The summed E-state index contributed by atoms with van der Waals surface area (Å²) in [5.41, 5.74) is 3.91. The van der Waals surface area contributed by atoms with Gasteiger partial charge in [0.1, 0.15) is 10.7 Å². The van der Waals surface area contributed by atoms with Crippen LogP contribution >= 0.6 is 0 Å². The van der Waals surface area contributed by atoms with Gasteiger partial charge in [-0.15, -0.1) is 0 Å². The molecule has 9 heteroatoms. The average molecular weight is 241 g/mol. The van der Waals surface area contributed by atoms with Gasteiger partial charge in [-0.1, -0.05) is 0 Å². The van der Waals surface area contributed by atoms with Crippen molar-refractivity contribution in [2.24, 2.45) is 5.14 Å². The molecule has 1 aromatic heterocycles. The summed E-state index contributed by atoms with van der Waals surface area (Å²) < 4.78 is 59.1. The summed E-state index contributed by atoms with van der Waals surface area (Å²) in [5, 5.41) is 4.64. The normalized spacial score (nSPS) is 12.1. The van der Waals surface area contributed by atoms with E-state index in [1.165, 1.54) is 0 Å². The first-order valence-corrected chi connectivity index (χ1v) is 5.05. The standard InChI is InChI=1S/C6H6F3N3O2S/c7-3-1-2(5(8)9)4(6(10)12-3)15(11,13)14/h1,5H,(H2,10,12)(H2,11,13,14). The first-order valence-electron chi connectivity index (χ1n) is 3.50. The van der Waals surface area contributed by atoms with Crippen molar-refractivity contribution >= 4 is 15.8 Å². The van der Waals surface area contributed by atoms with Crippen LogP contribution < -0.4 is 10.9 Å². The summed E-state index contributed by atoms with van der Waals surface area (Å²) in [7, 11) is -4.46. The fourth-order valence-corrected chi connectivity index (χ4v) is 1.83. The van der Waals surface area contributed by atoms with E-state index in [9.17, 15) is 21.6 Å². The van der Waals surface area contributed by atoms with E-state index in [1.54, 1.807) is 0 Å². The van der Waals surface area contributed by atoms with E-state index in [0.717, 1.165) is 0 Å². The Morgan fingerprint density at radius 3 is 2.33 bits per heavy atom. The molecule has 15 heavy (non-hydrogen) atoms. The molecule has 0 aromatic carbocycles. The van der Waals surface area contributed by atoms with Crippen LogP contribution in [0.15, 0.2) is 11.0 Å². The molecule has 0 spiro atoms. The van der Waals surface area contributed by atoms with Crippen molar-refractivity contribution in [3.63, 3.8) is 0 Å². The zero-order chi connectivity index (χ0) is 11.8. The minimum atomic E-state index is -4.46. The highest BCUT2D eigenvalue weighted by Gasteiger charge is 2.25. The first-order chi connectivity index (χ1) is 6.73. The van der Waals surface area contributed by atoms with E-state index in [2.05, 4.69) is 10.1 Å². The third kappa shape index (κ3) is 2.36. The number of anilines is 1. The van der Waals surface area contributed by atoms with E-state index in [-0.39, 0.29) is 6.07 Å². The van der Waals surface area contributed by atoms with E-state index >= 15 is 0 Å². The number of pyridine rings is 1. The van der Waals surface area contributed by atoms with Crippen molar-refractivity contribution in [1.82, 2.24) is 4.98 Å². The minimum Gasteiger partial charge on any atom is -0.382 e. The molecule has 1 rings (SSSR count). The molecule has 0 fully saturated rings. The highest BCUT2D eigenvalue weighted by molar-refractivity contribution is 7.89. The Morgan fingerprint density at radius 2 is 1.93 bits per heavy atom. The molecule has 0 aliphatic rings. The second kappa shape index (κ2) is 3.66. The van der Waals surface area contributed by atoms with Gasteiger partial charge in [-0.2, -0.15) is 4.39 Å². The van der Waals surface area contributed by atoms with Crippen molar-refractivity contribution in [1.29, 1.82) is 0 Å². The maximum atomic E-state index is 12.6. The second-order valence-corrected chi connectivity index (χ2v) is 4.09. The SMILES string of the molecule is Nc1nc(F)cc(C(F)F)c1S(N)(=O)=O. The van der Waals surface area contributed by atoms with Crippen molar-refractivity contribution in [2.75, 3.05) is 5.73 Å². The molecule has 0 atom stereocenters. The van der Waals surface area contributed by atoms with Crippen molar-refractivity contribution in [3.05, 3.63) is 17.6 Å². The lowest BCUT2D eigenvalue weighted by Crippen LogP contribution is -2.18. The zero-order valence-corrected chi connectivity index (χ0v) is 7.93. The van der Waals surface area contributed by atoms with Crippen LogP contribution in [0.3, 0.4) is 0 Å². The number of sulfonamides is 1. The lowest BCUT2D eigenvalue weighted by Gasteiger charge is -2.08. The van der Waals surface area contributed by atoms with Gasteiger partial charge in [0.2, 0.25) is 16.0 Å². The molecule has 5 nitrogen and oxygen atoms in total. The first kappa shape index (κ1) is 11.7. The number of hydrogen-bond acceptors (Lipinski definition) is 4. The molecule has 0 saturated heterocycles. The van der Waals surface area contributed by atoms with Gasteiger partial charge in [-0.3, -0.25) is 0 Å². The fraction of sp³-hybridized carbons (Fsp3) is 0.167. The summed E-state index contributed by atoms with van der Waals surface area (Å²) in [6.07, 6.45) is -3.21. The van der Waals surface area contributed by atoms with Gasteiger partial charge in [-0.05, 0) is 0 Å². The van der Waals surface area contributed by atoms with Gasteiger partial charge in [0, 0.05) is 11.6 Å². The van der Waals surface area contributed by atoms with E-state index in [0.29, 0.717) is 0 Å². The third-order valence-corrected chi connectivity index (χ3v) is 2.53. The topological polar surface area (TPSA) is 99.1 Å². The Labute approximate surface area is 83.0 Å². The smallest absolute Gasteiger partial charge is 0.265 e. The van der Waals surface area contributed by atoms with Crippen molar-refractivity contribution < 1.29 is 21.6 Å². The maximum absolute atomic E-state index is 12.6. The summed E-state index contributed by atoms with van der Waals surface area (Å²) in [6.45, 7) is 0. The number of rotatable bonds is 2. The molecule has 84 valence electrons. The van der Waals surface area contributed by atoms with E-state index in [4.69, 9.17) is 5.73 Å². The van der Waals surface area contributed by atoms with Crippen LogP contribution in [-0.2, 0) is 10.0 Å². The predicted octanol–water partition coefficient (Wildman–Crippen LogP) is 0.388. The minimum absolute atomic E-state index is 0.279. The lowest BCUT2D eigenvalue weighted by atomic mass is 10.2.